The van der Waals surface area contributed by atoms with Gasteiger partial charge in [0.05, 0.1) is 6.61 Å². The molecule has 0 spiro atoms. The van der Waals surface area contributed by atoms with Gasteiger partial charge in [0.1, 0.15) is 10.6 Å². The molecule has 0 aliphatic heterocycles. The Morgan fingerprint density at radius 3 is 2.61 bits per heavy atom. The molecule has 0 radical (unpaired) electrons. The summed E-state index contributed by atoms with van der Waals surface area (Å²) in [5.74, 6) is 0.835. The molecule has 0 amide bonds. The largest absolute Gasteiger partial charge is 0.492 e. The molecule has 0 saturated carbocycles. The second-order valence-electron chi connectivity index (χ2n) is 4.44. The number of hydrogen-bond acceptors (Lipinski definition) is 4. The molecule has 0 saturated heterocycles. The van der Waals surface area contributed by atoms with E-state index in [1.54, 1.807) is 12.1 Å². The van der Waals surface area contributed by atoms with Crippen molar-refractivity contribution in [1.82, 2.24) is 4.72 Å². The average molecular weight is 272 g/mol. The molecule has 0 heterocycles. The maximum Gasteiger partial charge on any atom is 0.244 e. The van der Waals surface area contributed by atoms with Crippen molar-refractivity contribution < 1.29 is 13.2 Å². The Morgan fingerprint density at radius 1 is 1.39 bits per heavy atom. The molecule has 5 nitrogen and oxygen atoms in total. The van der Waals surface area contributed by atoms with E-state index in [-0.39, 0.29) is 4.90 Å². The van der Waals surface area contributed by atoms with Crippen molar-refractivity contribution in [1.29, 1.82) is 0 Å². The lowest BCUT2D eigenvalue weighted by Crippen LogP contribution is -2.20. The van der Waals surface area contributed by atoms with Crippen LogP contribution < -0.4 is 15.2 Å². The third kappa shape index (κ3) is 3.89. The SMILES string of the molecule is CNS(=O)(=O)c1cc(N)ccc1OCCC(C)C. The number of nitrogens with one attached hydrogen (secondary N) is 1. The summed E-state index contributed by atoms with van der Waals surface area (Å²) < 4.78 is 31.4. The van der Waals surface area contributed by atoms with Crippen molar-refractivity contribution in [2.75, 3.05) is 19.4 Å². The fourth-order valence-electron chi connectivity index (χ4n) is 1.37. The standard InChI is InChI=1S/C12H20N2O3S/c1-9(2)6-7-17-11-5-4-10(13)8-12(11)18(15,16)14-3/h4-5,8-9,14H,6-7,13H2,1-3H3. The summed E-state index contributed by atoms with van der Waals surface area (Å²) in [4.78, 5) is 0.0776. The monoisotopic (exact) mass is 272 g/mol. The van der Waals surface area contributed by atoms with E-state index in [1.165, 1.54) is 13.1 Å². The van der Waals surface area contributed by atoms with Crippen LogP contribution >= 0.6 is 0 Å². The Hall–Kier alpha value is -1.27. The van der Waals surface area contributed by atoms with E-state index < -0.39 is 10.0 Å². The maximum absolute atomic E-state index is 11.8. The summed E-state index contributed by atoms with van der Waals surface area (Å²) in [5.41, 5.74) is 6.00. The minimum Gasteiger partial charge on any atom is -0.492 e. The van der Waals surface area contributed by atoms with Gasteiger partial charge in [-0.3, -0.25) is 0 Å². The Morgan fingerprint density at radius 2 is 2.06 bits per heavy atom. The highest BCUT2D eigenvalue weighted by Gasteiger charge is 2.18. The number of benzene rings is 1. The van der Waals surface area contributed by atoms with E-state index >= 15 is 0 Å². The summed E-state index contributed by atoms with van der Waals surface area (Å²) >= 11 is 0. The van der Waals surface area contributed by atoms with E-state index in [1.807, 2.05) is 0 Å². The van der Waals surface area contributed by atoms with Crippen molar-refractivity contribution in [3.63, 3.8) is 0 Å². The highest BCUT2D eigenvalue weighted by atomic mass is 32.2. The molecule has 1 aromatic carbocycles. The van der Waals surface area contributed by atoms with Crippen molar-refractivity contribution >= 4 is 15.7 Å². The number of sulfonamides is 1. The van der Waals surface area contributed by atoms with E-state index in [2.05, 4.69) is 18.6 Å². The molecule has 0 aliphatic rings. The zero-order chi connectivity index (χ0) is 13.8. The minimum absolute atomic E-state index is 0.0776. The molecule has 0 atom stereocenters. The lowest BCUT2D eigenvalue weighted by molar-refractivity contribution is 0.283. The van der Waals surface area contributed by atoms with E-state index in [0.717, 1.165) is 6.42 Å². The first-order chi connectivity index (χ1) is 8.36. The molecule has 1 rings (SSSR count). The van der Waals surface area contributed by atoms with Gasteiger partial charge in [-0.25, -0.2) is 13.1 Å². The normalized spacial score (nSPS) is 11.8. The number of rotatable bonds is 6. The zero-order valence-electron chi connectivity index (χ0n) is 10.9. The number of nitrogen functional groups attached to an aromatic ring is 1. The predicted octanol–water partition coefficient (Wildman–Crippen LogP) is 1.60. The lowest BCUT2D eigenvalue weighted by Gasteiger charge is -2.13. The van der Waals surface area contributed by atoms with Gasteiger partial charge in [-0.2, -0.15) is 0 Å². The Bertz CT molecular complexity index is 498. The van der Waals surface area contributed by atoms with Gasteiger partial charge in [0.2, 0.25) is 10.0 Å². The van der Waals surface area contributed by atoms with Crippen LogP contribution in [0, 0.1) is 5.92 Å². The molecule has 0 aromatic heterocycles. The number of ether oxygens (including phenoxy) is 1. The van der Waals surface area contributed by atoms with Crippen LogP contribution in [0.25, 0.3) is 0 Å². The second kappa shape index (κ2) is 6.06. The molecule has 0 aliphatic carbocycles. The Kier molecular flexibility index (Phi) is 4.98. The molecule has 3 N–H and O–H groups in total. The molecule has 1 aromatic rings. The third-order valence-corrected chi connectivity index (χ3v) is 3.91. The van der Waals surface area contributed by atoms with Crippen LogP contribution in [0.4, 0.5) is 5.69 Å². The van der Waals surface area contributed by atoms with Crippen LogP contribution in [-0.2, 0) is 10.0 Å². The van der Waals surface area contributed by atoms with Crippen molar-refractivity contribution in [2.45, 2.75) is 25.2 Å². The molecular formula is C12H20N2O3S. The summed E-state index contributed by atoms with van der Waals surface area (Å²) in [6.07, 6.45) is 0.865. The van der Waals surface area contributed by atoms with E-state index in [9.17, 15) is 8.42 Å². The summed E-state index contributed by atoms with van der Waals surface area (Å²) in [5, 5.41) is 0. The van der Waals surface area contributed by atoms with Crippen LogP contribution in [0.3, 0.4) is 0 Å². The predicted molar refractivity (Wildman–Crippen MR) is 72.0 cm³/mol. The average Bonchev–Trinajstić information content (AvgIpc) is 2.30. The number of anilines is 1. The first-order valence-electron chi connectivity index (χ1n) is 5.82. The van der Waals surface area contributed by atoms with Gasteiger partial charge in [-0.1, -0.05) is 13.8 Å². The van der Waals surface area contributed by atoms with Crippen LogP contribution in [0.5, 0.6) is 5.75 Å². The van der Waals surface area contributed by atoms with E-state index in [0.29, 0.717) is 24.0 Å². The maximum atomic E-state index is 11.8. The van der Waals surface area contributed by atoms with Crippen LogP contribution in [0.1, 0.15) is 20.3 Å². The highest BCUT2D eigenvalue weighted by molar-refractivity contribution is 7.89. The lowest BCUT2D eigenvalue weighted by atomic mass is 10.1. The fourth-order valence-corrected chi connectivity index (χ4v) is 2.27. The first-order valence-corrected chi connectivity index (χ1v) is 7.31. The van der Waals surface area contributed by atoms with Gasteiger partial charge in [-0.05, 0) is 37.6 Å². The summed E-state index contributed by atoms with van der Waals surface area (Å²) in [7, 11) is -2.20. The number of nitrogens with two attached hydrogens (primary N) is 1. The van der Waals surface area contributed by atoms with Crippen LogP contribution in [0.2, 0.25) is 0 Å². The molecule has 0 unspecified atom stereocenters. The quantitative estimate of drug-likeness (QED) is 0.771. The van der Waals surface area contributed by atoms with Gasteiger partial charge in [0.15, 0.2) is 0 Å². The molecule has 102 valence electrons. The smallest absolute Gasteiger partial charge is 0.244 e. The Labute approximate surface area is 108 Å². The van der Waals surface area contributed by atoms with Crippen molar-refractivity contribution in [3.8, 4) is 5.75 Å². The molecule has 0 bridgehead atoms. The Balaban J connectivity index is 2.98. The third-order valence-electron chi connectivity index (χ3n) is 2.48. The highest BCUT2D eigenvalue weighted by Crippen LogP contribution is 2.26. The van der Waals surface area contributed by atoms with Gasteiger partial charge in [0.25, 0.3) is 0 Å². The second-order valence-corrected chi connectivity index (χ2v) is 6.30. The van der Waals surface area contributed by atoms with Crippen molar-refractivity contribution in [2.24, 2.45) is 5.92 Å². The number of hydrogen-bond donors (Lipinski definition) is 2. The van der Waals surface area contributed by atoms with E-state index in [4.69, 9.17) is 10.5 Å². The molecule has 6 heteroatoms. The summed E-state index contributed by atoms with van der Waals surface area (Å²) in [6.45, 7) is 4.64. The van der Waals surface area contributed by atoms with Gasteiger partial charge < -0.3 is 10.5 Å². The van der Waals surface area contributed by atoms with Crippen molar-refractivity contribution in [3.05, 3.63) is 18.2 Å². The van der Waals surface area contributed by atoms with Gasteiger partial charge in [0, 0.05) is 5.69 Å². The van der Waals surface area contributed by atoms with Gasteiger partial charge >= 0.3 is 0 Å². The molecular weight excluding hydrogens is 252 g/mol. The van der Waals surface area contributed by atoms with Gasteiger partial charge in [-0.15, -0.1) is 0 Å². The van der Waals surface area contributed by atoms with Crippen LogP contribution in [0.15, 0.2) is 23.1 Å². The fraction of sp³-hybridized carbons (Fsp3) is 0.500. The topological polar surface area (TPSA) is 81.4 Å². The zero-order valence-corrected chi connectivity index (χ0v) is 11.8. The van der Waals surface area contributed by atoms with Crippen LogP contribution in [-0.4, -0.2) is 22.1 Å². The summed E-state index contributed by atoms with van der Waals surface area (Å²) in [6, 6.07) is 4.61. The minimum atomic E-state index is -3.56. The first kappa shape index (κ1) is 14.8. The molecule has 18 heavy (non-hydrogen) atoms. The molecule has 0 fully saturated rings.